The zero-order valence-electron chi connectivity index (χ0n) is 13.0. The molecule has 2 aromatic carbocycles. The Balaban J connectivity index is 1.78. The third-order valence-electron chi connectivity index (χ3n) is 3.46. The van der Waals surface area contributed by atoms with Crippen LogP contribution in [0, 0.1) is 11.8 Å². The first-order chi connectivity index (χ1) is 12.0. The maximum absolute atomic E-state index is 12.5. The third kappa shape index (κ3) is 3.60. The van der Waals surface area contributed by atoms with E-state index in [-0.39, 0.29) is 11.3 Å². The van der Waals surface area contributed by atoms with Crippen LogP contribution >= 0.6 is 11.8 Å². The minimum atomic E-state index is -4.18. The van der Waals surface area contributed by atoms with E-state index in [1.807, 2.05) is 30.3 Å². The van der Waals surface area contributed by atoms with E-state index in [9.17, 15) is 18.0 Å². The number of sulfonamides is 1. The smallest absolute Gasteiger partial charge is 0.272 e. The lowest BCUT2D eigenvalue weighted by Gasteiger charge is -2.13. The molecule has 1 aliphatic rings. The van der Waals surface area contributed by atoms with Crippen molar-refractivity contribution in [3.8, 4) is 11.8 Å². The SMILES string of the molecule is O=C1SC(CC#Cc2ccccc2)C(=O)N1S(=O)(=O)c1ccccc1. The zero-order chi connectivity index (χ0) is 17.9. The molecule has 2 aromatic rings. The Hall–Kier alpha value is -2.56. The minimum absolute atomic E-state index is 0.0895. The number of thioether (sulfide) groups is 1. The van der Waals surface area contributed by atoms with Gasteiger partial charge in [-0.05, 0) is 36.0 Å². The van der Waals surface area contributed by atoms with Gasteiger partial charge in [-0.15, -0.1) is 0 Å². The van der Waals surface area contributed by atoms with Gasteiger partial charge in [-0.3, -0.25) is 9.59 Å². The standard InChI is InChI=1S/C18H13NO4S2/c20-17-16(13-7-10-14-8-3-1-4-9-14)24-18(21)19(17)25(22,23)15-11-5-2-6-12-15/h1-6,8-9,11-12,16H,13H2. The molecule has 0 N–H and O–H groups in total. The van der Waals surface area contributed by atoms with Gasteiger partial charge in [0, 0.05) is 12.0 Å². The first-order valence-electron chi connectivity index (χ1n) is 7.39. The average molecular weight is 371 g/mol. The normalized spacial score (nSPS) is 17.3. The number of nitrogens with zero attached hydrogens (tertiary/aromatic N) is 1. The molecule has 1 saturated heterocycles. The summed E-state index contributed by atoms with van der Waals surface area (Å²) in [6.45, 7) is 0. The molecule has 0 saturated carbocycles. The van der Waals surface area contributed by atoms with Gasteiger partial charge in [-0.25, -0.2) is 8.42 Å². The summed E-state index contributed by atoms with van der Waals surface area (Å²) in [7, 11) is -4.18. The molecule has 0 aliphatic carbocycles. The van der Waals surface area contributed by atoms with Gasteiger partial charge in [0.25, 0.3) is 15.9 Å². The summed E-state index contributed by atoms with van der Waals surface area (Å²) >= 11 is 0.694. The van der Waals surface area contributed by atoms with Crippen molar-refractivity contribution in [2.45, 2.75) is 16.6 Å². The Labute approximate surface area is 150 Å². The van der Waals surface area contributed by atoms with Gasteiger partial charge in [-0.1, -0.05) is 48.2 Å². The fourth-order valence-corrected chi connectivity index (χ4v) is 4.82. The van der Waals surface area contributed by atoms with E-state index in [2.05, 4.69) is 11.8 Å². The molecule has 0 radical (unpaired) electrons. The van der Waals surface area contributed by atoms with Gasteiger partial charge in [0.2, 0.25) is 0 Å². The fourth-order valence-electron chi connectivity index (χ4n) is 2.25. The van der Waals surface area contributed by atoms with Gasteiger partial charge < -0.3 is 0 Å². The molecule has 2 amide bonds. The van der Waals surface area contributed by atoms with Crippen LogP contribution in [0.5, 0.6) is 0 Å². The van der Waals surface area contributed by atoms with Crippen LogP contribution in [0.25, 0.3) is 0 Å². The van der Waals surface area contributed by atoms with Crippen molar-refractivity contribution < 1.29 is 18.0 Å². The number of imide groups is 1. The topological polar surface area (TPSA) is 71.5 Å². The molecule has 7 heteroatoms. The van der Waals surface area contributed by atoms with E-state index < -0.39 is 26.4 Å². The Morgan fingerprint density at radius 3 is 2.20 bits per heavy atom. The molecule has 126 valence electrons. The average Bonchev–Trinajstić information content (AvgIpc) is 2.91. The lowest BCUT2D eigenvalue weighted by molar-refractivity contribution is -0.123. The number of rotatable bonds is 3. The van der Waals surface area contributed by atoms with E-state index in [0.717, 1.165) is 5.56 Å². The molecule has 1 heterocycles. The van der Waals surface area contributed by atoms with Crippen molar-refractivity contribution in [2.24, 2.45) is 0 Å². The number of hydrogen-bond donors (Lipinski definition) is 0. The maximum Gasteiger partial charge on any atom is 0.303 e. The van der Waals surface area contributed by atoms with E-state index in [1.54, 1.807) is 6.07 Å². The highest BCUT2D eigenvalue weighted by atomic mass is 32.2. The molecule has 1 aliphatic heterocycles. The monoisotopic (exact) mass is 371 g/mol. The second-order valence-electron chi connectivity index (χ2n) is 5.17. The zero-order valence-corrected chi connectivity index (χ0v) is 14.6. The van der Waals surface area contributed by atoms with Gasteiger partial charge in [0.1, 0.15) is 5.25 Å². The number of carbonyl (C=O) groups excluding carboxylic acids is 2. The lowest BCUT2D eigenvalue weighted by Crippen LogP contribution is -2.37. The predicted octanol–water partition coefficient (Wildman–Crippen LogP) is 2.88. The van der Waals surface area contributed by atoms with E-state index in [0.29, 0.717) is 16.1 Å². The second-order valence-corrected chi connectivity index (χ2v) is 8.11. The van der Waals surface area contributed by atoms with Crippen molar-refractivity contribution in [2.75, 3.05) is 0 Å². The quantitative estimate of drug-likeness (QED) is 0.776. The summed E-state index contributed by atoms with van der Waals surface area (Å²) in [6, 6.07) is 16.6. The molecule has 1 atom stereocenters. The fraction of sp³-hybridized carbons (Fsp3) is 0.111. The molecule has 5 nitrogen and oxygen atoms in total. The second kappa shape index (κ2) is 7.13. The Bertz CT molecular complexity index is 960. The van der Waals surface area contributed by atoms with Gasteiger partial charge in [0.15, 0.2) is 0 Å². The number of carbonyl (C=O) groups is 2. The molecular weight excluding hydrogens is 358 g/mol. The first kappa shape index (κ1) is 17.3. The summed E-state index contributed by atoms with van der Waals surface area (Å²) in [5.41, 5.74) is 0.790. The van der Waals surface area contributed by atoms with Gasteiger partial charge in [0.05, 0.1) is 4.90 Å². The summed E-state index contributed by atoms with van der Waals surface area (Å²) in [6.07, 6.45) is 0.102. The van der Waals surface area contributed by atoms with Gasteiger partial charge in [-0.2, -0.15) is 4.31 Å². The van der Waals surface area contributed by atoms with E-state index >= 15 is 0 Å². The van der Waals surface area contributed by atoms with Crippen LogP contribution < -0.4 is 0 Å². The van der Waals surface area contributed by atoms with Crippen molar-refractivity contribution in [1.82, 2.24) is 4.31 Å². The van der Waals surface area contributed by atoms with Crippen LogP contribution in [0.1, 0.15) is 12.0 Å². The molecular formula is C18H13NO4S2. The van der Waals surface area contributed by atoms with Crippen LogP contribution in [0.3, 0.4) is 0 Å². The van der Waals surface area contributed by atoms with E-state index in [4.69, 9.17) is 0 Å². The highest BCUT2D eigenvalue weighted by Crippen LogP contribution is 2.33. The summed E-state index contributed by atoms with van der Waals surface area (Å²) in [5.74, 6) is 4.99. The van der Waals surface area contributed by atoms with Gasteiger partial charge >= 0.3 is 5.24 Å². The largest absolute Gasteiger partial charge is 0.303 e. The number of benzene rings is 2. The summed E-state index contributed by atoms with van der Waals surface area (Å²) < 4.78 is 25.4. The molecule has 0 spiro atoms. The molecule has 3 rings (SSSR count). The molecule has 1 fully saturated rings. The minimum Gasteiger partial charge on any atom is -0.272 e. The maximum atomic E-state index is 12.5. The molecule has 0 bridgehead atoms. The van der Waals surface area contributed by atoms with E-state index in [1.165, 1.54) is 24.3 Å². The Kier molecular flexibility index (Phi) is 4.93. The first-order valence-corrected chi connectivity index (χ1v) is 9.71. The molecule has 1 unspecified atom stereocenters. The Morgan fingerprint density at radius 2 is 1.56 bits per heavy atom. The highest BCUT2D eigenvalue weighted by Gasteiger charge is 2.46. The van der Waals surface area contributed by atoms with Crippen LogP contribution in [0.15, 0.2) is 65.6 Å². The number of amides is 2. The Morgan fingerprint density at radius 1 is 0.960 bits per heavy atom. The van der Waals surface area contributed by atoms with Crippen molar-refractivity contribution in [3.63, 3.8) is 0 Å². The van der Waals surface area contributed by atoms with Crippen LogP contribution in [0.4, 0.5) is 4.79 Å². The highest BCUT2D eigenvalue weighted by molar-refractivity contribution is 8.16. The number of hydrogen-bond acceptors (Lipinski definition) is 5. The van der Waals surface area contributed by atoms with Crippen molar-refractivity contribution in [3.05, 3.63) is 66.2 Å². The predicted molar refractivity (Wildman–Crippen MR) is 95.2 cm³/mol. The third-order valence-corrected chi connectivity index (χ3v) is 6.31. The molecule has 25 heavy (non-hydrogen) atoms. The van der Waals surface area contributed by atoms with Crippen LogP contribution in [-0.4, -0.2) is 29.1 Å². The van der Waals surface area contributed by atoms with Crippen LogP contribution in [0.2, 0.25) is 0 Å². The lowest BCUT2D eigenvalue weighted by atomic mass is 10.2. The molecule has 0 aromatic heterocycles. The van der Waals surface area contributed by atoms with Crippen LogP contribution in [-0.2, 0) is 14.8 Å². The summed E-state index contributed by atoms with van der Waals surface area (Å²) in [5, 5.41) is -1.61. The summed E-state index contributed by atoms with van der Waals surface area (Å²) in [4.78, 5) is 24.4. The van der Waals surface area contributed by atoms with Crippen molar-refractivity contribution >= 4 is 32.9 Å². The van der Waals surface area contributed by atoms with Crippen molar-refractivity contribution in [1.29, 1.82) is 0 Å².